The Morgan fingerprint density at radius 1 is 1.40 bits per heavy atom. The van der Waals surface area contributed by atoms with Crippen LogP contribution in [0.3, 0.4) is 0 Å². The largest absolute Gasteiger partial charge is 0.504 e. The van der Waals surface area contributed by atoms with Crippen molar-refractivity contribution in [1.29, 1.82) is 0 Å². The Morgan fingerprint density at radius 3 is 2.55 bits per heavy atom. The first-order chi connectivity index (χ1) is 9.40. The van der Waals surface area contributed by atoms with Crippen molar-refractivity contribution in [2.24, 2.45) is 5.92 Å². The van der Waals surface area contributed by atoms with Gasteiger partial charge in [0.15, 0.2) is 11.5 Å². The van der Waals surface area contributed by atoms with E-state index < -0.39 is 17.4 Å². The molecular weight excluding hydrogens is 262 g/mol. The van der Waals surface area contributed by atoms with Gasteiger partial charge in [-0.1, -0.05) is 6.07 Å². The molecule has 3 N–H and O–H groups in total. The molecule has 0 aromatic heterocycles. The molecule has 1 aliphatic carbocycles. The Balaban J connectivity index is 2.26. The number of aromatic hydroxyl groups is 1. The van der Waals surface area contributed by atoms with Crippen LogP contribution in [0.1, 0.15) is 30.1 Å². The molecule has 1 amide bonds. The lowest BCUT2D eigenvalue weighted by Gasteiger charge is -2.26. The number of carbonyl (C=O) groups excluding carboxylic acids is 1. The van der Waals surface area contributed by atoms with Gasteiger partial charge in [0, 0.05) is 0 Å². The molecule has 0 heterocycles. The Hall–Kier alpha value is -2.24. The Kier molecular flexibility index (Phi) is 3.57. The fraction of sp³-hybridized carbons (Fsp3) is 0.429. The van der Waals surface area contributed by atoms with Crippen LogP contribution in [0.15, 0.2) is 18.2 Å². The zero-order valence-electron chi connectivity index (χ0n) is 11.3. The van der Waals surface area contributed by atoms with Gasteiger partial charge in [-0.3, -0.25) is 4.79 Å². The van der Waals surface area contributed by atoms with Gasteiger partial charge in [0.1, 0.15) is 5.54 Å². The first-order valence-electron chi connectivity index (χ1n) is 6.32. The highest BCUT2D eigenvalue weighted by Gasteiger charge is 2.48. The number of aliphatic carboxylic acids is 1. The second kappa shape index (κ2) is 5.03. The summed E-state index contributed by atoms with van der Waals surface area (Å²) in [5, 5.41) is 21.7. The zero-order valence-corrected chi connectivity index (χ0v) is 11.3. The average Bonchev–Trinajstić information content (AvgIpc) is 3.23. The molecule has 108 valence electrons. The van der Waals surface area contributed by atoms with Gasteiger partial charge in [-0.25, -0.2) is 4.79 Å². The summed E-state index contributed by atoms with van der Waals surface area (Å²) < 4.78 is 4.93. The number of amides is 1. The number of phenols is 1. The Bertz CT molecular complexity index is 552. The monoisotopic (exact) mass is 279 g/mol. The molecule has 0 bridgehead atoms. The van der Waals surface area contributed by atoms with E-state index in [1.807, 2.05) is 0 Å². The van der Waals surface area contributed by atoms with Crippen molar-refractivity contribution in [2.45, 2.75) is 25.3 Å². The molecule has 0 spiro atoms. The summed E-state index contributed by atoms with van der Waals surface area (Å²) in [6.07, 6.45) is 1.54. The molecule has 1 unspecified atom stereocenters. The minimum Gasteiger partial charge on any atom is -0.504 e. The number of rotatable bonds is 5. The van der Waals surface area contributed by atoms with Gasteiger partial charge in [-0.2, -0.15) is 0 Å². The molecule has 6 nitrogen and oxygen atoms in total. The van der Waals surface area contributed by atoms with Crippen LogP contribution in [0.2, 0.25) is 0 Å². The number of carboxylic acids is 1. The fourth-order valence-corrected chi connectivity index (χ4v) is 2.16. The summed E-state index contributed by atoms with van der Waals surface area (Å²) in [4.78, 5) is 23.6. The van der Waals surface area contributed by atoms with Gasteiger partial charge in [0.05, 0.1) is 12.7 Å². The third-order valence-electron chi connectivity index (χ3n) is 3.67. The molecule has 0 saturated heterocycles. The standard InChI is InChI=1S/C14H17NO5/c1-14(13(18)19,8-6-7-8)15-12(17)9-4-3-5-10(20-2)11(9)16/h3-5,8,16H,6-7H2,1-2H3,(H,15,17)(H,18,19). The summed E-state index contributed by atoms with van der Waals surface area (Å²) in [5.41, 5.74) is -1.32. The lowest BCUT2D eigenvalue weighted by atomic mass is 9.95. The molecule has 0 aliphatic heterocycles. The number of carboxylic acid groups (broad SMARTS) is 1. The van der Waals surface area contributed by atoms with Crippen LogP contribution < -0.4 is 10.1 Å². The normalized spacial score (nSPS) is 17.1. The smallest absolute Gasteiger partial charge is 0.329 e. The average molecular weight is 279 g/mol. The number of carbonyl (C=O) groups is 2. The molecule has 1 saturated carbocycles. The van der Waals surface area contributed by atoms with Crippen molar-refractivity contribution in [1.82, 2.24) is 5.32 Å². The second-order valence-corrected chi connectivity index (χ2v) is 5.09. The van der Waals surface area contributed by atoms with Crippen LogP contribution in [0, 0.1) is 5.92 Å². The van der Waals surface area contributed by atoms with Crippen LogP contribution in [0.5, 0.6) is 11.5 Å². The maximum Gasteiger partial charge on any atom is 0.329 e. The van der Waals surface area contributed by atoms with Crippen molar-refractivity contribution in [3.8, 4) is 11.5 Å². The summed E-state index contributed by atoms with van der Waals surface area (Å²) in [6, 6.07) is 4.49. The quantitative estimate of drug-likeness (QED) is 0.756. The highest BCUT2D eigenvalue weighted by Crippen LogP contribution is 2.40. The molecule has 2 rings (SSSR count). The van der Waals surface area contributed by atoms with E-state index >= 15 is 0 Å². The van der Waals surface area contributed by atoms with Crippen molar-refractivity contribution in [3.63, 3.8) is 0 Å². The zero-order chi connectivity index (χ0) is 14.9. The number of hydrogen-bond acceptors (Lipinski definition) is 4. The van der Waals surface area contributed by atoms with Crippen LogP contribution in [-0.2, 0) is 4.79 Å². The SMILES string of the molecule is COc1cccc(C(=O)NC(C)(C(=O)O)C2CC2)c1O. The van der Waals surface area contributed by atoms with Crippen LogP contribution in [0.4, 0.5) is 0 Å². The molecule has 6 heteroatoms. The first-order valence-corrected chi connectivity index (χ1v) is 6.32. The maximum atomic E-state index is 12.2. The van der Waals surface area contributed by atoms with Gasteiger partial charge in [-0.15, -0.1) is 0 Å². The maximum absolute atomic E-state index is 12.2. The van der Waals surface area contributed by atoms with Gasteiger partial charge in [0.25, 0.3) is 5.91 Å². The van der Waals surface area contributed by atoms with Gasteiger partial charge in [0.2, 0.25) is 0 Å². The molecule has 1 fully saturated rings. The van der Waals surface area contributed by atoms with Gasteiger partial charge < -0.3 is 20.3 Å². The number of para-hydroxylation sites is 1. The Morgan fingerprint density at radius 2 is 2.05 bits per heavy atom. The van der Waals surface area contributed by atoms with E-state index in [1.165, 1.54) is 26.2 Å². The number of phenolic OH excluding ortho intramolecular Hbond substituents is 1. The second-order valence-electron chi connectivity index (χ2n) is 5.09. The van der Waals surface area contributed by atoms with Gasteiger partial charge >= 0.3 is 5.97 Å². The van der Waals surface area contributed by atoms with Crippen LogP contribution in [0.25, 0.3) is 0 Å². The van der Waals surface area contributed by atoms with Crippen molar-refractivity contribution >= 4 is 11.9 Å². The molecule has 1 aromatic carbocycles. The van der Waals surface area contributed by atoms with Crippen LogP contribution in [-0.4, -0.2) is 34.7 Å². The van der Waals surface area contributed by atoms with E-state index in [0.717, 1.165) is 12.8 Å². The first kappa shape index (κ1) is 14.2. The third kappa shape index (κ3) is 2.41. The lowest BCUT2D eigenvalue weighted by molar-refractivity contribution is -0.144. The van der Waals surface area contributed by atoms with Crippen molar-refractivity contribution in [2.75, 3.05) is 7.11 Å². The highest BCUT2D eigenvalue weighted by molar-refractivity contribution is 6.00. The molecule has 1 atom stereocenters. The number of benzene rings is 1. The minimum atomic E-state index is -1.31. The molecule has 1 aromatic rings. The third-order valence-corrected chi connectivity index (χ3v) is 3.67. The van der Waals surface area contributed by atoms with Gasteiger partial charge in [-0.05, 0) is 37.8 Å². The summed E-state index contributed by atoms with van der Waals surface area (Å²) in [5.74, 6) is -1.90. The highest BCUT2D eigenvalue weighted by atomic mass is 16.5. The fourth-order valence-electron chi connectivity index (χ4n) is 2.16. The molecular formula is C14H17NO5. The number of hydrogen-bond donors (Lipinski definition) is 3. The number of ether oxygens (including phenoxy) is 1. The lowest BCUT2D eigenvalue weighted by Crippen LogP contribution is -2.54. The molecule has 1 aliphatic rings. The van der Waals surface area contributed by atoms with Crippen molar-refractivity contribution in [3.05, 3.63) is 23.8 Å². The van der Waals surface area contributed by atoms with E-state index in [-0.39, 0.29) is 23.0 Å². The van der Waals surface area contributed by atoms with Crippen molar-refractivity contribution < 1.29 is 24.5 Å². The summed E-state index contributed by atoms with van der Waals surface area (Å²) in [6.45, 7) is 1.49. The predicted molar refractivity (Wildman–Crippen MR) is 70.9 cm³/mol. The van der Waals surface area contributed by atoms with E-state index in [1.54, 1.807) is 6.07 Å². The number of methoxy groups -OCH3 is 1. The van der Waals surface area contributed by atoms with E-state index in [4.69, 9.17) is 4.74 Å². The predicted octanol–water partition coefficient (Wildman–Crippen LogP) is 1.38. The topological polar surface area (TPSA) is 95.9 Å². The van der Waals surface area contributed by atoms with Crippen LogP contribution >= 0.6 is 0 Å². The Labute approximate surface area is 116 Å². The number of nitrogens with one attached hydrogen (secondary N) is 1. The minimum absolute atomic E-state index is 0.00234. The molecule has 20 heavy (non-hydrogen) atoms. The van der Waals surface area contributed by atoms with E-state index in [9.17, 15) is 19.8 Å². The van der Waals surface area contributed by atoms with E-state index in [2.05, 4.69) is 5.32 Å². The molecule has 0 radical (unpaired) electrons. The summed E-state index contributed by atoms with van der Waals surface area (Å²) >= 11 is 0. The summed E-state index contributed by atoms with van der Waals surface area (Å²) in [7, 11) is 1.38. The van der Waals surface area contributed by atoms with E-state index in [0.29, 0.717) is 0 Å².